The number of aromatic hydroxyl groups is 3. The third-order valence-corrected chi connectivity index (χ3v) is 1.81. The minimum atomic E-state index is -0.411. The third kappa shape index (κ3) is 2.63. The van der Waals surface area contributed by atoms with E-state index in [4.69, 9.17) is 10.2 Å². The fourth-order valence-electron chi connectivity index (χ4n) is 1.01. The summed E-state index contributed by atoms with van der Waals surface area (Å²) in [5.41, 5.74) is 0.306. The molecule has 1 aromatic carbocycles. The van der Waals surface area contributed by atoms with Crippen LogP contribution in [0.5, 0.6) is 17.2 Å². The molecule has 0 aliphatic rings. The SMILES string of the molecule is C=CC(=O)NCc1cc(O)c(O)cc1O. The molecule has 4 N–H and O–H groups in total. The Kier molecular flexibility index (Phi) is 3.17. The number of phenols is 3. The van der Waals surface area contributed by atoms with E-state index in [0.717, 1.165) is 12.1 Å². The number of rotatable bonds is 3. The number of hydrogen-bond donors (Lipinski definition) is 4. The Bertz CT molecular complexity index is 401. The van der Waals surface area contributed by atoms with Crippen LogP contribution in [0, 0.1) is 0 Å². The molecule has 0 fully saturated rings. The van der Waals surface area contributed by atoms with Crippen LogP contribution in [0.1, 0.15) is 5.56 Å². The van der Waals surface area contributed by atoms with E-state index in [9.17, 15) is 9.90 Å². The second-order valence-electron chi connectivity index (χ2n) is 2.89. The molecule has 5 nitrogen and oxygen atoms in total. The summed E-state index contributed by atoms with van der Waals surface area (Å²) in [6.07, 6.45) is 1.09. The van der Waals surface area contributed by atoms with Crippen LogP contribution < -0.4 is 5.32 Å². The lowest BCUT2D eigenvalue weighted by molar-refractivity contribution is -0.116. The van der Waals surface area contributed by atoms with Crippen molar-refractivity contribution >= 4 is 5.91 Å². The Hall–Kier alpha value is -2.17. The minimum absolute atomic E-state index is 0.0462. The Morgan fingerprint density at radius 1 is 1.27 bits per heavy atom. The zero-order chi connectivity index (χ0) is 11.4. The minimum Gasteiger partial charge on any atom is -0.507 e. The summed E-state index contributed by atoms with van der Waals surface area (Å²) >= 11 is 0. The Balaban J connectivity index is 2.81. The van der Waals surface area contributed by atoms with Crippen molar-refractivity contribution < 1.29 is 20.1 Å². The first kappa shape index (κ1) is 10.9. The molecule has 0 bridgehead atoms. The van der Waals surface area contributed by atoms with E-state index in [-0.39, 0.29) is 24.0 Å². The van der Waals surface area contributed by atoms with Gasteiger partial charge in [0.1, 0.15) is 5.75 Å². The van der Waals surface area contributed by atoms with Crippen LogP contribution in [0.15, 0.2) is 24.8 Å². The highest BCUT2D eigenvalue weighted by molar-refractivity contribution is 5.86. The predicted molar refractivity (Wildman–Crippen MR) is 53.5 cm³/mol. The van der Waals surface area contributed by atoms with Gasteiger partial charge < -0.3 is 20.6 Å². The molecular weight excluding hydrogens is 198 g/mol. The third-order valence-electron chi connectivity index (χ3n) is 1.81. The molecule has 1 aromatic rings. The average Bonchev–Trinajstić information content (AvgIpc) is 2.21. The van der Waals surface area contributed by atoms with Gasteiger partial charge in [0.15, 0.2) is 11.5 Å². The van der Waals surface area contributed by atoms with Gasteiger partial charge in [-0.3, -0.25) is 4.79 Å². The van der Waals surface area contributed by atoms with Crippen LogP contribution in [0.3, 0.4) is 0 Å². The first-order valence-electron chi connectivity index (χ1n) is 4.18. The largest absolute Gasteiger partial charge is 0.507 e. The fraction of sp³-hybridized carbons (Fsp3) is 0.100. The molecule has 0 heterocycles. The van der Waals surface area contributed by atoms with Crippen LogP contribution in [-0.4, -0.2) is 21.2 Å². The van der Waals surface area contributed by atoms with E-state index in [1.807, 2.05) is 0 Å². The summed E-state index contributed by atoms with van der Waals surface area (Å²) in [7, 11) is 0. The monoisotopic (exact) mass is 209 g/mol. The molecule has 0 aliphatic carbocycles. The summed E-state index contributed by atoms with van der Waals surface area (Å²) < 4.78 is 0. The lowest BCUT2D eigenvalue weighted by atomic mass is 10.1. The van der Waals surface area contributed by atoms with Crippen LogP contribution >= 0.6 is 0 Å². The van der Waals surface area contributed by atoms with E-state index < -0.39 is 5.75 Å². The highest BCUT2D eigenvalue weighted by atomic mass is 16.3. The normalized spacial score (nSPS) is 9.60. The standard InChI is InChI=1S/C10H11NO4/c1-2-10(15)11-5-6-3-8(13)9(14)4-7(6)12/h2-4,12-14H,1,5H2,(H,11,15). The number of carbonyl (C=O) groups is 1. The zero-order valence-electron chi connectivity index (χ0n) is 7.90. The molecule has 0 unspecified atom stereocenters. The molecule has 1 amide bonds. The van der Waals surface area contributed by atoms with Crippen molar-refractivity contribution in [2.75, 3.05) is 0 Å². The summed E-state index contributed by atoms with van der Waals surface area (Å²) in [6.45, 7) is 3.31. The molecule has 1 rings (SSSR count). The topological polar surface area (TPSA) is 89.8 Å². The zero-order valence-corrected chi connectivity index (χ0v) is 7.90. The molecule has 15 heavy (non-hydrogen) atoms. The number of hydrogen-bond acceptors (Lipinski definition) is 4. The maximum absolute atomic E-state index is 10.8. The van der Waals surface area contributed by atoms with Gasteiger partial charge in [-0.25, -0.2) is 0 Å². The van der Waals surface area contributed by atoms with Gasteiger partial charge in [0, 0.05) is 18.2 Å². The van der Waals surface area contributed by atoms with Gasteiger partial charge in [-0.1, -0.05) is 6.58 Å². The van der Waals surface area contributed by atoms with E-state index in [2.05, 4.69) is 11.9 Å². The molecule has 0 radical (unpaired) electrons. The smallest absolute Gasteiger partial charge is 0.243 e. The number of phenolic OH excluding ortho intramolecular Hbond substituents is 3. The van der Waals surface area contributed by atoms with Gasteiger partial charge in [-0.15, -0.1) is 0 Å². The molecular formula is C10H11NO4. The maximum Gasteiger partial charge on any atom is 0.243 e. The lowest BCUT2D eigenvalue weighted by Crippen LogP contribution is -2.19. The van der Waals surface area contributed by atoms with Crippen LogP contribution in [0.25, 0.3) is 0 Å². The Labute approximate surface area is 86.3 Å². The van der Waals surface area contributed by atoms with Crippen molar-refractivity contribution in [2.24, 2.45) is 0 Å². The fourth-order valence-corrected chi connectivity index (χ4v) is 1.01. The van der Waals surface area contributed by atoms with E-state index in [1.165, 1.54) is 6.07 Å². The molecule has 0 spiro atoms. The lowest BCUT2D eigenvalue weighted by Gasteiger charge is -2.07. The summed E-state index contributed by atoms with van der Waals surface area (Å²) in [5.74, 6) is -1.35. The van der Waals surface area contributed by atoms with Gasteiger partial charge in [-0.05, 0) is 12.1 Å². The predicted octanol–water partition coefficient (Wildman–Crippen LogP) is 0.606. The molecule has 80 valence electrons. The molecule has 0 aromatic heterocycles. The molecule has 0 saturated carbocycles. The second kappa shape index (κ2) is 4.36. The highest BCUT2D eigenvalue weighted by Gasteiger charge is 2.07. The first-order valence-corrected chi connectivity index (χ1v) is 4.18. The maximum atomic E-state index is 10.8. The van der Waals surface area contributed by atoms with Crippen molar-refractivity contribution in [3.8, 4) is 17.2 Å². The average molecular weight is 209 g/mol. The van der Waals surface area contributed by atoms with Crippen molar-refractivity contribution in [1.29, 1.82) is 0 Å². The Morgan fingerprint density at radius 2 is 1.87 bits per heavy atom. The molecule has 5 heteroatoms. The van der Waals surface area contributed by atoms with Crippen LogP contribution in [-0.2, 0) is 11.3 Å². The molecule has 0 atom stereocenters. The van der Waals surface area contributed by atoms with Gasteiger partial charge >= 0.3 is 0 Å². The van der Waals surface area contributed by atoms with E-state index in [1.54, 1.807) is 0 Å². The number of nitrogens with one attached hydrogen (secondary N) is 1. The van der Waals surface area contributed by atoms with Gasteiger partial charge in [0.2, 0.25) is 5.91 Å². The molecule has 0 saturated heterocycles. The van der Waals surface area contributed by atoms with Gasteiger partial charge in [0.05, 0.1) is 0 Å². The highest BCUT2D eigenvalue weighted by Crippen LogP contribution is 2.31. The summed E-state index contributed by atoms with van der Waals surface area (Å²) in [4.78, 5) is 10.8. The van der Waals surface area contributed by atoms with Crippen LogP contribution in [0.2, 0.25) is 0 Å². The van der Waals surface area contributed by atoms with Crippen molar-refractivity contribution in [3.63, 3.8) is 0 Å². The van der Waals surface area contributed by atoms with Gasteiger partial charge in [0.25, 0.3) is 0 Å². The van der Waals surface area contributed by atoms with Crippen LogP contribution in [0.4, 0.5) is 0 Å². The van der Waals surface area contributed by atoms with E-state index >= 15 is 0 Å². The second-order valence-corrected chi connectivity index (χ2v) is 2.89. The molecule has 0 aliphatic heterocycles. The number of benzene rings is 1. The Morgan fingerprint density at radius 3 is 2.47 bits per heavy atom. The number of carbonyl (C=O) groups excluding carboxylic acids is 1. The van der Waals surface area contributed by atoms with Crippen molar-refractivity contribution in [3.05, 3.63) is 30.4 Å². The van der Waals surface area contributed by atoms with Crippen molar-refractivity contribution in [2.45, 2.75) is 6.54 Å². The summed E-state index contributed by atoms with van der Waals surface area (Å²) in [5, 5.41) is 30.0. The van der Waals surface area contributed by atoms with Gasteiger partial charge in [-0.2, -0.15) is 0 Å². The number of amides is 1. The quantitative estimate of drug-likeness (QED) is 0.333. The van der Waals surface area contributed by atoms with E-state index in [0.29, 0.717) is 5.56 Å². The summed E-state index contributed by atoms with van der Waals surface area (Å²) in [6, 6.07) is 2.18. The van der Waals surface area contributed by atoms with Crippen molar-refractivity contribution in [1.82, 2.24) is 5.32 Å². The first-order chi connectivity index (χ1) is 7.04.